The van der Waals surface area contributed by atoms with Gasteiger partial charge in [0.05, 0.1) is 5.52 Å². The summed E-state index contributed by atoms with van der Waals surface area (Å²) in [6.07, 6.45) is 0. The van der Waals surface area contributed by atoms with Gasteiger partial charge in [-0.25, -0.2) is 4.98 Å². The van der Waals surface area contributed by atoms with Crippen LogP contribution in [0.15, 0.2) is 47.4 Å². The summed E-state index contributed by atoms with van der Waals surface area (Å²) in [5.41, 5.74) is 6.63. The Morgan fingerprint density at radius 3 is 2.65 bits per heavy atom. The Morgan fingerprint density at radius 1 is 1.00 bits per heavy atom. The largest absolute Gasteiger partial charge is 0.354 e. The molecule has 132 valence electrons. The molecule has 0 unspecified atom stereocenters. The van der Waals surface area contributed by atoms with Gasteiger partial charge in [0, 0.05) is 47.8 Å². The molecule has 0 amide bonds. The predicted molar refractivity (Wildman–Crippen MR) is 111 cm³/mol. The first-order valence-electron chi connectivity index (χ1n) is 9.29. The molecule has 0 aliphatic carbocycles. The lowest BCUT2D eigenvalue weighted by Gasteiger charge is -2.36. The quantitative estimate of drug-likeness (QED) is 0.632. The fourth-order valence-electron chi connectivity index (χ4n) is 4.08. The van der Waals surface area contributed by atoms with Crippen LogP contribution in [-0.4, -0.2) is 43.1 Å². The van der Waals surface area contributed by atoms with Gasteiger partial charge in [-0.15, -0.1) is 11.8 Å². The Labute approximate surface area is 159 Å². The second-order valence-corrected chi connectivity index (χ2v) is 8.40. The molecule has 1 fully saturated rings. The fraction of sp³-hybridized carbons (Fsp3) is 0.318. The van der Waals surface area contributed by atoms with Crippen LogP contribution in [0.25, 0.3) is 22.0 Å². The van der Waals surface area contributed by atoms with Gasteiger partial charge < -0.3 is 9.80 Å². The molecule has 0 N–H and O–H groups in total. The van der Waals surface area contributed by atoms with Gasteiger partial charge in [-0.1, -0.05) is 35.9 Å². The van der Waals surface area contributed by atoms with E-state index in [1.165, 1.54) is 38.4 Å². The van der Waals surface area contributed by atoms with Crippen molar-refractivity contribution in [1.29, 1.82) is 0 Å². The molecule has 0 atom stereocenters. The second kappa shape index (κ2) is 6.29. The third kappa shape index (κ3) is 2.60. The van der Waals surface area contributed by atoms with Gasteiger partial charge in [-0.3, -0.25) is 0 Å². The molecule has 3 heterocycles. The molecule has 4 heteroatoms. The molecule has 2 aliphatic rings. The van der Waals surface area contributed by atoms with E-state index in [0.29, 0.717) is 0 Å². The third-order valence-electron chi connectivity index (χ3n) is 5.55. The van der Waals surface area contributed by atoms with Crippen molar-refractivity contribution < 1.29 is 0 Å². The lowest BCUT2D eigenvalue weighted by atomic mass is 9.94. The molecular formula is C22H23N3S. The summed E-state index contributed by atoms with van der Waals surface area (Å²) in [5, 5.41) is 1.28. The van der Waals surface area contributed by atoms with Crippen molar-refractivity contribution in [3.8, 4) is 11.1 Å². The average Bonchev–Trinajstić information content (AvgIpc) is 2.67. The number of rotatable bonds is 1. The summed E-state index contributed by atoms with van der Waals surface area (Å²) in [6.45, 7) is 6.50. The Hall–Kier alpha value is -2.04. The van der Waals surface area contributed by atoms with E-state index >= 15 is 0 Å². The number of nitrogens with zero attached hydrogens (tertiary/aromatic N) is 3. The van der Waals surface area contributed by atoms with Crippen molar-refractivity contribution >= 4 is 28.5 Å². The highest BCUT2D eigenvalue weighted by molar-refractivity contribution is 7.98. The fourth-order valence-corrected chi connectivity index (χ4v) is 5.13. The van der Waals surface area contributed by atoms with Crippen molar-refractivity contribution in [2.24, 2.45) is 0 Å². The lowest BCUT2D eigenvalue weighted by molar-refractivity contribution is 0.312. The van der Waals surface area contributed by atoms with E-state index < -0.39 is 0 Å². The molecule has 0 bridgehead atoms. The maximum Gasteiger partial charge on any atom is 0.134 e. The van der Waals surface area contributed by atoms with Crippen LogP contribution in [0.3, 0.4) is 0 Å². The van der Waals surface area contributed by atoms with Crippen LogP contribution in [0.4, 0.5) is 5.82 Å². The molecule has 0 radical (unpaired) electrons. The molecular weight excluding hydrogens is 338 g/mol. The Bertz CT molecular complexity index is 990. The smallest absolute Gasteiger partial charge is 0.134 e. The van der Waals surface area contributed by atoms with Gasteiger partial charge in [0.2, 0.25) is 0 Å². The van der Waals surface area contributed by atoms with Crippen LogP contribution >= 0.6 is 11.8 Å². The summed E-state index contributed by atoms with van der Waals surface area (Å²) in [7, 11) is 2.20. The topological polar surface area (TPSA) is 19.4 Å². The first kappa shape index (κ1) is 16.2. The number of para-hydroxylation sites is 1. The normalized spacial score (nSPS) is 17.2. The van der Waals surface area contributed by atoms with Crippen molar-refractivity contribution in [1.82, 2.24) is 9.88 Å². The van der Waals surface area contributed by atoms with Gasteiger partial charge in [0.1, 0.15) is 5.82 Å². The first-order chi connectivity index (χ1) is 12.7. The Kier molecular flexibility index (Phi) is 3.91. The van der Waals surface area contributed by atoms with Gasteiger partial charge in [-0.2, -0.15) is 0 Å². The maximum atomic E-state index is 5.13. The number of pyridine rings is 1. The minimum Gasteiger partial charge on any atom is -0.354 e. The van der Waals surface area contributed by atoms with E-state index in [4.69, 9.17) is 4.98 Å². The highest BCUT2D eigenvalue weighted by atomic mass is 32.2. The van der Waals surface area contributed by atoms with Crippen LogP contribution < -0.4 is 4.90 Å². The zero-order chi connectivity index (χ0) is 17.7. The van der Waals surface area contributed by atoms with Crippen molar-refractivity contribution in [2.75, 3.05) is 38.1 Å². The van der Waals surface area contributed by atoms with E-state index in [0.717, 1.165) is 37.4 Å². The minimum absolute atomic E-state index is 1.00. The molecule has 3 nitrogen and oxygen atoms in total. The summed E-state index contributed by atoms with van der Waals surface area (Å²) >= 11 is 1.95. The van der Waals surface area contributed by atoms with Crippen molar-refractivity contribution in [2.45, 2.75) is 17.6 Å². The molecule has 1 aromatic heterocycles. The first-order valence-corrected chi connectivity index (χ1v) is 10.3. The Morgan fingerprint density at radius 2 is 1.81 bits per heavy atom. The molecule has 5 rings (SSSR count). The third-order valence-corrected chi connectivity index (χ3v) is 6.65. The van der Waals surface area contributed by atoms with Gasteiger partial charge in [0.25, 0.3) is 0 Å². The second-order valence-electron chi connectivity index (χ2n) is 7.38. The van der Waals surface area contributed by atoms with E-state index in [1.807, 2.05) is 11.8 Å². The number of aromatic nitrogens is 1. The molecule has 0 saturated carbocycles. The van der Waals surface area contributed by atoms with E-state index in [9.17, 15) is 0 Å². The molecule has 2 aromatic carbocycles. The SMILES string of the molecule is Cc1ccc2c(c1)-c1c(c(N3CCN(C)CC3)nc3ccccc13)CS2. The molecule has 3 aromatic rings. The van der Waals surface area contributed by atoms with E-state index in [-0.39, 0.29) is 0 Å². The highest BCUT2D eigenvalue weighted by Crippen LogP contribution is 2.47. The van der Waals surface area contributed by atoms with Crippen LogP contribution in [-0.2, 0) is 5.75 Å². The number of piperazine rings is 1. The van der Waals surface area contributed by atoms with Crippen molar-refractivity contribution in [3.05, 3.63) is 53.6 Å². The maximum absolute atomic E-state index is 5.13. The number of thioether (sulfide) groups is 1. The van der Waals surface area contributed by atoms with Crippen molar-refractivity contribution in [3.63, 3.8) is 0 Å². The Balaban J connectivity index is 1.77. The zero-order valence-electron chi connectivity index (χ0n) is 15.3. The monoisotopic (exact) mass is 361 g/mol. The van der Waals surface area contributed by atoms with Gasteiger partial charge >= 0.3 is 0 Å². The minimum atomic E-state index is 1.00. The summed E-state index contributed by atoms with van der Waals surface area (Å²) in [5.74, 6) is 2.21. The number of hydrogen-bond donors (Lipinski definition) is 0. The van der Waals surface area contributed by atoms with Crippen LogP contribution in [0, 0.1) is 6.92 Å². The molecule has 1 saturated heterocycles. The summed E-state index contributed by atoms with van der Waals surface area (Å²) in [6, 6.07) is 15.5. The highest BCUT2D eigenvalue weighted by Gasteiger charge is 2.27. The molecule has 2 aliphatic heterocycles. The van der Waals surface area contributed by atoms with Crippen LogP contribution in [0.1, 0.15) is 11.1 Å². The predicted octanol–water partition coefficient (Wildman–Crippen LogP) is 4.57. The lowest BCUT2D eigenvalue weighted by Crippen LogP contribution is -2.45. The van der Waals surface area contributed by atoms with Crippen LogP contribution in [0.5, 0.6) is 0 Å². The zero-order valence-corrected chi connectivity index (χ0v) is 16.1. The number of likely N-dealkylation sites (N-methyl/N-ethyl adjacent to an activating group) is 1. The number of anilines is 1. The standard InChI is InChI=1S/C22H23N3S/c1-15-7-8-20-17(13-15)21-16-5-3-4-6-19(16)23-22(18(21)14-26-20)25-11-9-24(2)10-12-25/h3-8,13H,9-12,14H2,1-2H3. The van der Waals surface area contributed by atoms with Gasteiger partial charge in [-0.05, 0) is 37.2 Å². The number of fused-ring (bicyclic) bond motifs is 5. The average molecular weight is 362 g/mol. The van der Waals surface area contributed by atoms with Gasteiger partial charge in [0.15, 0.2) is 0 Å². The summed E-state index contributed by atoms with van der Waals surface area (Å²) in [4.78, 5) is 11.4. The van der Waals surface area contributed by atoms with Crippen LogP contribution in [0.2, 0.25) is 0 Å². The molecule has 0 spiro atoms. The van der Waals surface area contributed by atoms with E-state index in [1.54, 1.807) is 0 Å². The number of hydrogen-bond acceptors (Lipinski definition) is 4. The number of aryl methyl sites for hydroxylation is 1. The number of benzene rings is 2. The molecule has 26 heavy (non-hydrogen) atoms. The van der Waals surface area contributed by atoms with E-state index in [2.05, 4.69) is 66.2 Å². The summed E-state index contributed by atoms with van der Waals surface area (Å²) < 4.78 is 0.